The molecule has 0 saturated heterocycles. The number of rotatable bonds is 5. The first-order chi connectivity index (χ1) is 11.8. The van der Waals surface area contributed by atoms with Crippen molar-refractivity contribution in [1.82, 2.24) is 14.6 Å². The summed E-state index contributed by atoms with van der Waals surface area (Å²) in [6.45, 7) is 5.28. The number of nitrogens with zero attached hydrogens (tertiary/aromatic N) is 3. The van der Waals surface area contributed by atoms with Gasteiger partial charge in [0.05, 0.1) is 23.4 Å². The molecule has 0 amide bonds. The summed E-state index contributed by atoms with van der Waals surface area (Å²) in [6, 6.07) is 14.0. The number of hydrogen-bond donors (Lipinski definition) is 0. The van der Waals surface area contributed by atoms with Crippen molar-refractivity contribution < 1.29 is 9.47 Å². The summed E-state index contributed by atoms with van der Waals surface area (Å²) >= 11 is 1.61. The summed E-state index contributed by atoms with van der Waals surface area (Å²) in [6.07, 6.45) is 0. The SMILES string of the molecule is CCOc1ccc(-c2nnc3sc4cc(OCC)ccc4n23)cc1. The van der Waals surface area contributed by atoms with Gasteiger partial charge in [0.15, 0.2) is 5.82 Å². The second-order valence-electron chi connectivity index (χ2n) is 5.26. The summed E-state index contributed by atoms with van der Waals surface area (Å²) in [7, 11) is 0. The monoisotopic (exact) mass is 339 g/mol. The van der Waals surface area contributed by atoms with E-state index >= 15 is 0 Å². The fraction of sp³-hybridized carbons (Fsp3) is 0.222. The molecule has 5 nitrogen and oxygen atoms in total. The lowest BCUT2D eigenvalue weighted by Gasteiger charge is -2.04. The van der Waals surface area contributed by atoms with Crippen LogP contribution in [-0.4, -0.2) is 27.8 Å². The van der Waals surface area contributed by atoms with Gasteiger partial charge in [0.25, 0.3) is 0 Å². The van der Waals surface area contributed by atoms with Crippen LogP contribution in [0.1, 0.15) is 13.8 Å². The van der Waals surface area contributed by atoms with Crippen LogP contribution in [0.4, 0.5) is 0 Å². The highest BCUT2D eigenvalue weighted by atomic mass is 32.1. The van der Waals surface area contributed by atoms with Crippen LogP contribution in [0.5, 0.6) is 11.5 Å². The lowest BCUT2D eigenvalue weighted by Crippen LogP contribution is -1.92. The van der Waals surface area contributed by atoms with Crippen molar-refractivity contribution in [3.63, 3.8) is 0 Å². The molecule has 2 heterocycles. The fourth-order valence-electron chi connectivity index (χ4n) is 2.72. The van der Waals surface area contributed by atoms with Crippen LogP contribution in [-0.2, 0) is 0 Å². The highest BCUT2D eigenvalue weighted by molar-refractivity contribution is 7.23. The van der Waals surface area contributed by atoms with Gasteiger partial charge in [-0.1, -0.05) is 11.3 Å². The van der Waals surface area contributed by atoms with Gasteiger partial charge in [0.1, 0.15) is 11.5 Å². The molecule has 0 aliphatic heterocycles. The second kappa shape index (κ2) is 6.13. The van der Waals surface area contributed by atoms with E-state index in [9.17, 15) is 0 Å². The van der Waals surface area contributed by atoms with E-state index < -0.39 is 0 Å². The number of hydrogen-bond acceptors (Lipinski definition) is 5. The summed E-state index contributed by atoms with van der Waals surface area (Å²) < 4.78 is 14.3. The molecule has 0 aliphatic rings. The Labute approximate surface area is 143 Å². The average molecular weight is 339 g/mol. The molecule has 0 saturated carbocycles. The van der Waals surface area contributed by atoms with Crippen molar-refractivity contribution in [1.29, 1.82) is 0 Å². The molecular formula is C18H17N3O2S. The van der Waals surface area contributed by atoms with Crippen molar-refractivity contribution in [2.45, 2.75) is 13.8 Å². The number of benzene rings is 2. The minimum atomic E-state index is 0.659. The first-order valence-electron chi connectivity index (χ1n) is 7.94. The molecule has 122 valence electrons. The van der Waals surface area contributed by atoms with Crippen LogP contribution in [0.15, 0.2) is 42.5 Å². The summed E-state index contributed by atoms with van der Waals surface area (Å²) in [5.41, 5.74) is 2.10. The van der Waals surface area contributed by atoms with E-state index in [-0.39, 0.29) is 0 Å². The van der Waals surface area contributed by atoms with Crippen molar-refractivity contribution in [3.05, 3.63) is 42.5 Å². The summed E-state index contributed by atoms with van der Waals surface area (Å²) in [5.74, 6) is 2.58. The molecule has 0 atom stereocenters. The van der Waals surface area contributed by atoms with Gasteiger partial charge >= 0.3 is 0 Å². The predicted molar refractivity (Wildman–Crippen MR) is 96.1 cm³/mol. The van der Waals surface area contributed by atoms with E-state index in [1.807, 2.05) is 44.2 Å². The molecule has 0 bridgehead atoms. The molecule has 0 aliphatic carbocycles. The van der Waals surface area contributed by atoms with Crippen LogP contribution >= 0.6 is 11.3 Å². The maximum Gasteiger partial charge on any atom is 0.217 e. The average Bonchev–Trinajstić information content (AvgIpc) is 3.15. The standard InChI is InChI=1S/C18H17N3O2S/c1-3-22-13-7-5-12(6-8-13)17-19-20-18-21(17)15-10-9-14(23-4-2)11-16(15)24-18/h5-11H,3-4H2,1-2H3. The predicted octanol–water partition coefficient (Wildman–Crippen LogP) is 4.41. The van der Waals surface area contributed by atoms with Gasteiger partial charge in [-0.25, -0.2) is 0 Å². The van der Waals surface area contributed by atoms with E-state index in [1.165, 1.54) is 0 Å². The van der Waals surface area contributed by atoms with Crippen molar-refractivity contribution in [2.75, 3.05) is 13.2 Å². The van der Waals surface area contributed by atoms with E-state index in [1.54, 1.807) is 11.3 Å². The summed E-state index contributed by atoms with van der Waals surface area (Å²) in [4.78, 5) is 0.877. The van der Waals surface area contributed by atoms with E-state index in [0.29, 0.717) is 13.2 Å². The van der Waals surface area contributed by atoms with Crippen LogP contribution in [0, 0.1) is 0 Å². The third-order valence-electron chi connectivity index (χ3n) is 3.74. The second-order valence-corrected chi connectivity index (χ2v) is 6.27. The molecule has 2 aromatic heterocycles. The van der Waals surface area contributed by atoms with Gasteiger partial charge < -0.3 is 9.47 Å². The largest absolute Gasteiger partial charge is 0.494 e. The Hall–Kier alpha value is -2.60. The molecule has 2 aromatic carbocycles. The van der Waals surface area contributed by atoms with Gasteiger partial charge in [-0.2, -0.15) is 0 Å². The number of aromatic nitrogens is 3. The Bertz CT molecular complexity index is 989. The molecular weight excluding hydrogens is 322 g/mol. The Balaban J connectivity index is 1.82. The highest BCUT2D eigenvalue weighted by Crippen LogP contribution is 2.32. The minimum Gasteiger partial charge on any atom is -0.494 e. The molecule has 0 radical (unpaired) electrons. The first-order valence-corrected chi connectivity index (χ1v) is 8.75. The van der Waals surface area contributed by atoms with Crippen LogP contribution in [0.25, 0.3) is 26.6 Å². The number of fused-ring (bicyclic) bond motifs is 3. The lowest BCUT2D eigenvalue weighted by molar-refractivity contribution is 0.340. The number of thiazole rings is 1. The van der Waals surface area contributed by atoms with Gasteiger partial charge in [-0.15, -0.1) is 10.2 Å². The molecule has 4 rings (SSSR count). The summed E-state index contributed by atoms with van der Waals surface area (Å²) in [5, 5.41) is 8.69. The van der Waals surface area contributed by atoms with Gasteiger partial charge in [0.2, 0.25) is 4.96 Å². The van der Waals surface area contributed by atoms with E-state index in [0.717, 1.165) is 38.1 Å². The van der Waals surface area contributed by atoms with Gasteiger partial charge in [-0.3, -0.25) is 4.40 Å². The van der Waals surface area contributed by atoms with Gasteiger partial charge in [0, 0.05) is 5.56 Å². The third kappa shape index (κ3) is 2.49. The van der Waals surface area contributed by atoms with Gasteiger partial charge in [-0.05, 0) is 56.3 Å². The van der Waals surface area contributed by atoms with Crippen molar-refractivity contribution in [3.8, 4) is 22.9 Å². The molecule has 24 heavy (non-hydrogen) atoms. The van der Waals surface area contributed by atoms with E-state index in [4.69, 9.17) is 9.47 Å². The van der Waals surface area contributed by atoms with Crippen LogP contribution in [0.2, 0.25) is 0 Å². The Morgan fingerprint density at radius 3 is 2.38 bits per heavy atom. The third-order valence-corrected chi connectivity index (χ3v) is 4.74. The maximum atomic E-state index is 5.59. The fourth-order valence-corrected chi connectivity index (χ4v) is 3.72. The normalized spacial score (nSPS) is 11.2. The van der Waals surface area contributed by atoms with Crippen molar-refractivity contribution >= 4 is 26.5 Å². The quantitative estimate of drug-likeness (QED) is 0.540. The van der Waals surface area contributed by atoms with E-state index in [2.05, 4.69) is 26.7 Å². The molecule has 4 aromatic rings. The minimum absolute atomic E-state index is 0.659. The zero-order chi connectivity index (χ0) is 16.5. The molecule has 0 unspecified atom stereocenters. The molecule has 6 heteroatoms. The van der Waals surface area contributed by atoms with Crippen LogP contribution < -0.4 is 9.47 Å². The number of ether oxygens (including phenoxy) is 2. The first kappa shape index (κ1) is 15.0. The Morgan fingerprint density at radius 2 is 1.62 bits per heavy atom. The zero-order valence-corrected chi connectivity index (χ0v) is 14.3. The Morgan fingerprint density at radius 1 is 0.917 bits per heavy atom. The topological polar surface area (TPSA) is 48.7 Å². The van der Waals surface area contributed by atoms with Crippen LogP contribution in [0.3, 0.4) is 0 Å². The molecule has 0 spiro atoms. The molecule has 0 N–H and O–H groups in total. The molecule has 0 fully saturated rings. The maximum absolute atomic E-state index is 5.59. The Kier molecular flexibility index (Phi) is 3.82. The van der Waals surface area contributed by atoms with Crippen molar-refractivity contribution in [2.24, 2.45) is 0 Å². The lowest BCUT2D eigenvalue weighted by atomic mass is 10.2. The zero-order valence-electron chi connectivity index (χ0n) is 13.5. The highest BCUT2D eigenvalue weighted by Gasteiger charge is 2.14. The smallest absolute Gasteiger partial charge is 0.217 e.